The zero-order valence-electron chi connectivity index (χ0n) is 17.0. The number of anilines is 1. The number of hydrogen-bond acceptors (Lipinski definition) is 4. The lowest BCUT2D eigenvalue weighted by Crippen LogP contribution is -2.48. The highest BCUT2D eigenvalue weighted by molar-refractivity contribution is 5.96. The molecule has 7 heteroatoms. The topological polar surface area (TPSA) is 57.3 Å². The number of piperidine rings is 1. The summed E-state index contributed by atoms with van der Waals surface area (Å²) in [5.74, 6) is -3.96. The molecule has 2 aromatic rings. The molecule has 0 spiro atoms. The molecule has 3 heterocycles. The molecule has 1 amide bonds. The van der Waals surface area contributed by atoms with Crippen molar-refractivity contribution in [1.29, 1.82) is 0 Å². The van der Waals surface area contributed by atoms with Gasteiger partial charge in [-0.15, -0.1) is 0 Å². The van der Waals surface area contributed by atoms with Gasteiger partial charge in [0.05, 0.1) is 12.1 Å². The minimum absolute atomic E-state index is 0.0221. The molecule has 2 aliphatic heterocycles. The van der Waals surface area contributed by atoms with E-state index in [1.54, 1.807) is 0 Å². The number of carbonyl (C=O) groups excluding carboxylic acids is 1. The molecule has 2 unspecified atom stereocenters. The number of hydrogen-bond donors (Lipinski definition) is 2. The summed E-state index contributed by atoms with van der Waals surface area (Å²) in [5, 5.41) is 6.84. The van der Waals surface area contributed by atoms with Crippen LogP contribution in [0.3, 0.4) is 0 Å². The van der Waals surface area contributed by atoms with Crippen molar-refractivity contribution >= 4 is 22.5 Å². The number of aryl methyl sites for hydroxylation is 2. The average Bonchev–Trinajstić information content (AvgIpc) is 3.12. The van der Waals surface area contributed by atoms with E-state index in [0.29, 0.717) is 19.5 Å². The number of nitrogens with one attached hydrogen (secondary N) is 2. The Kier molecular flexibility index (Phi) is 5.42. The van der Waals surface area contributed by atoms with Gasteiger partial charge in [0.1, 0.15) is 0 Å². The van der Waals surface area contributed by atoms with Crippen molar-refractivity contribution in [3.63, 3.8) is 0 Å². The fourth-order valence-electron chi connectivity index (χ4n) is 4.56. The van der Waals surface area contributed by atoms with Crippen molar-refractivity contribution in [2.45, 2.75) is 45.1 Å². The Balaban J connectivity index is 1.43. The molecule has 0 aliphatic carbocycles. The number of nitrogens with zero attached hydrogens (tertiary/aromatic N) is 2. The van der Waals surface area contributed by atoms with Crippen LogP contribution in [0.4, 0.5) is 14.5 Å². The molecule has 0 bridgehead atoms. The lowest BCUT2D eigenvalue weighted by Gasteiger charge is -2.31. The molecule has 2 aliphatic rings. The van der Waals surface area contributed by atoms with E-state index in [0.717, 1.165) is 35.1 Å². The van der Waals surface area contributed by atoms with Crippen LogP contribution in [-0.4, -0.2) is 49.0 Å². The van der Waals surface area contributed by atoms with E-state index in [-0.39, 0.29) is 24.9 Å². The number of carbonyl (C=O) groups is 1. The number of rotatable bonds is 4. The zero-order chi connectivity index (χ0) is 20.6. The number of halogens is 2. The van der Waals surface area contributed by atoms with E-state index in [2.05, 4.69) is 46.5 Å². The van der Waals surface area contributed by atoms with Crippen LogP contribution < -0.4 is 15.5 Å². The second-order valence-electron chi connectivity index (χ2n) is 8.38. The summed E-state index contributed by atoms with van der Waals surface area (Å²) < 4.78 is 28.0. The van der Waals surface area contributed by atoms with Gasteiger partial charge in [-0.25, -0.2) is 8.78 Å². The van der Waals surface area contributed by atoms with Crippen LogP contribution >= 0.6 is 0 Å². The Morgan fingerprint density at radius 3 is 2.90 bits per heavy atom. The lowest BCUT2D eigenvalue weighted by molar-refractivity contribution is -0.129. The SMILES string of the molecule is Cc1ccc(N2CCC(NC(=O)CC3CCNCC3(F)F)C2)c2c(C)ccnc12. The van der Waals surface area contributed by atoms with Crippen molar-refractivity contribution in [2.75, 3.05) is 31.1 Å². The van der Waals surface area contributed by atoms with E-state index < -0.39 is 11.8 Å². The lowest BCUT2D eigenvalue weighted by atomic mass is 9.90. The van der Waals surface area contributed by atoms with Gasteiger partial charge in [-0.05, 0) is 56.5 Å². The molecule has 2 N–H and O–H groups in total. The molecule has 5 nitrogen and oxygen atoms in total. The molecule has 1 aromatic carbocycles. The van der Waals surface area contributed by atoms with Crippen molar-refractivity contribution in [2.24, 2.45) is 5.92 Å². The van der Waals surface area contributed by atoms with E-state index in [1.165, 1.54) is 5.56 Å². The van der Waals surface area contributed by atoms with Crippen LogP contribution in [0.25, 0.3) is 10.9 Å². The largest absolute Gasteiger partial charge is 0.369 e. The van der Waals surface area contributed by atoms with Gasteiger partial charge in [0.15, 0.2) is 0 Å². The predicted molar refractivity (Wildman–Crippen MR) is 111 cm³/mol. The summed E-state index contributed by atoms with van der Waals surface area (Å²) in [7, 11) is 0. The molecule has 0 saturated carbocycles. The quantitative estimate of drug-likeness (QED) is 0.825. The fourth-order valence-corrected chi connectivity index (χ4v) is 4.56. The highest BCUT2D eigenvalue weighted by atomic mass is 19.3. The Morgan fingerprint density at radius 1 is 1.28 bits per heavy atom. The Morgan fingerprint density at radius 2 is 2.10 bits per heavy atom. The molecule has 0 radical (unpaired) electrons. The molecule has 2 fully saturated rings. The van der Waals surface area contributed by atoms with Gasteiger partial charge >= 0.3 is 0 Å². The van der Waals surface area contributed by atoms with Gasteiger partial charge in [-0.2, -0.15) is 0 Å². The predicted octanol–water partition coefficient (Wildman–Crippen LogP) is 3.18. The summed E-state index contributed by atoms with van der Waals surface area (Å²) >= 11 is 0. The van der Waals surface area contributed by atoms with Gasteiger partial charge in [0.25, 0.3) is 5.92 Å². The first-order chi connectivity index (χ1) is 13.8. The second-order valence-corrected chi connectivity index (χ2v) is 8.38. The van der Waals surface area contributed by atoms with Gasteiger partial charge in [0.2, 0.25) is 5.91 Å². The van der Waals surface area contributed by atoms with E-state index in [1.807, 2.05) is 12.3 Å². The number of alkyl halides is 2. The first-order valence-corrected chi connectivity index (χ1v) is 10.3. The van der Waals surface area contributed by atoms with Crippen LogP contribution in [-0.2, 0) is 4.79 Å². The van der Waals surface area contributed by atoms with Crippen LogP contribution in [0.5, 0.6) is 0 Å². The molecule has 2 saturated heterocycles. The van der Waals surface area contributed by atoms with Crippen LogP contribution in [0.1, 0.15) is 30.4 Å². The number of benzene rings is 1. The van der Waals surface area contributed by atoms with Gasteiger partial charge in [-0.3, -0.25) is 9.78 Å². The minimum atomic E-state index is -2.82. The monoisotopic (exact) mass is 402 g/mol. The Labute approximate surface area is 169 Å². The molecule has 29 heavy (non-hydrogen) atoms. The van der Waals surface area contributed by atoms with Crippen LogP contribution in [0.15, 0.2) is 24.4 Å². The molecule has 156 valence electrons. The third-order valence-electron chi connectivity index (χ3n) is 6.23. The number of pyridine rings is 1. The maximum absolute atomic E-state index is 14.0. The van der Waals surface area contributed by atoms with E-state index in [9.17, 15) is 13.6 Å². The molecule has 1 aromatic heterocycles. The van der Waals surface area contributed by atoms with Crippen molar-refractivity contribution in [3.8, 4) is 0 Å². The highest BCUT2D eigenvalue weighted by Gasteiger charge is 2.42. The fraction of sp³-hybridized carbons (Fsp3) is 0.545. The maximum atomic E-state index is 14.0. The molecule has 2 atom stereocenters. The summed E-state index contributed by atoms with van der Waals surface area (Å²) in [5.41, 5.74) is 4.44. The van der Waals surface area contributed by atoms with E-state index >= 15 is 0 Å². The zero-order valence-corrected chi connectivity index (χ0v) is 17.0. The van der Waals surface area contributed by atoms with Crippen LogP contribution in [0, 0.1) is 19.8 Å². The number of aromatic nitrogens is 1. The van der Waals surface area contributed by atoms with Gasteiger partial charge < -0.3 is 15.5 Å². The van der Waals surface area contributed by atoms with E-state index in [4.69, 9.17) is 0 Å². The normalized spacial score (nSPS) is 24.1. The van der Waals surface area contributed by atoms with Crippen molar-refractivity contribution < 1.29 is 13.6 Å². The third kappa shape index (κ3) is 4.06. The molecular formula is C22H28F2N4O. The first-order valence-electron chi connectivity index (χ1n) is 10.3. The average molecular weight is 402 g/mol. The van der Waals surface area contributed by atoms with Crippen molar-refractivity contribution in [1.82, 2.24) is 15.6 Å². The highest BCUT2D eigenvalue weighted by Crippen LogP contribution is 2.34. The summed E-state index contributed by atoms with van der Waals surface area (Å²) in [6.45, 7) is 5.85. The number of fused-ring (bicyclic) bond motifs is 1. The second kappa shape index (κ2) is 7.86. The van der Waals surface area contributed by atoms with Crippen LogP contribution in [0.2, 0.25) is 0 Å². The maximum Gasteiger partial charge on any atom is 0.263 e. The Hall–Kier alpha value is -2.28. The van der Waals surface area contributed by atoms with Gasteiger partial charge in [-0.1, -0.05) is 6.07 Å². The van der Waals surface area contributed by atoms with Crippen molar-refractivity contribution in [3.05, 3.63) is 35.5 Å². The Bertz CT molecular complexity index is 917. The minimum Gasteiger partial charge on any atom is -0.369 e. The smallest absolute Gasteiger partial charge is 0.263 e. The first kappa shape index (κ1) is 20.0. The molecule has 4 rings (SSSR count). The number of amides is 1. The molecular weight excluding hydrogens is 374 g/mol. The summed E-state index contributed by atoms with van der Waals surface area (Å²) in [6, 6.07) is 6.19. The summed E-state index contributed by atoms with van der Waals surface area (Å²) in [4.78, 5) is 19.2. The standard InChI is InChI=1S/C22H28F2N4O/c1-14-5-9-26-21-15(2)3-4-18(20(14)21)28-10-7-17(12-28)27-19(29)11-16-6-8-25-13-22(16,23)24/h3-5,9,16-17,25H,6-8,10-13H2,1-2H3,(H,27,29). The van der Waals surface area contributed by atoms with Gasteiger partial charge in [0, 0.05) is 48.7 Å². The third-order valence-corrected chi connectivity index (χ3v) is 6.23. The summed E-state index contributed by atoms with van der Waals surface area (Å²) in [6.07, 6.45) is 2.86.